The molecule has 1 heterocycles. The first-order valence-electron chi connectivity index (χ1n) is 11.5. The zero-order valence-corrected chi connectivity index (χ0v) is 20.3. The lowest BCUT2D eigenvalue weighted by Crippen LogP contribution is -2.46. The Kier molecular flexibility index (Phi) is 5.03. The Bertz CT molecular complexity index is 1280. The smallest absolute Gasteiger partial charge is 0.234 e. The Morgan fingerprint density at radius 3 is 2.44 bits per heavy atom. The molecule has 0 aromatic heterocycles. The first kappa shape index (κ1) is 22.8. The second-order valence-corrected chi connectivity index (χ2v) is 11.1. The minimum atomic E-state index is -0.708. The minimum Gasteiger partial charge on any atom is -0.508 e. The lowest BCUT2D eigenvalue weighted by molar-refractivity contribution is -0.145. The molecule has 176 valence electrons. The Labute approximate surface area is 203 Å². The van der Waals surface area contributed by atoms with Gasteiger partial charge >= 0.3 is 0 Å². The number of phenolic OH excluding ortho intramolecular Hbond substituents is 1. The summed E-state index contributed by atoms with van der Waals surface area (Å²) >= 11 is 6.27. The van der Waals surface area contributed by atoms with E-state index >= 15 is 0 Å². The molecule has 0 saturated carbocycles. The van der Waals surface area contributed by atoms with Gasteiger partial charge in [0.1, 0.15) is 5.75 Å². The molecule has 5 rings (SSSR count). The summed E-state index contributed by atoms with van der Waals surface area (Å²) in [5, 5.41) is 11.2. The standard InChI is InChI=1S/C27H26ClNO5/c1-12-9-20(31)18-11-16-14(6-7-15-22(16)26(34)29(25(15)33)27(2,3)4)21(23(18)24(12)32)17-10-13(28)5-8-19(17)30/h5-6,8-10,15-16,21-22,30H,7,11H2,1-4H3/t15-,16+,21+,22-/m0/s1. The van der Waals surface area contributed by atoms with Gasteiger partial charge in [-0.05, 0) is 70.7 Å². The fourth-order valence-corrected chi connectivity index (χ4v) is 6.31. The quantitative estimate of drug-likeness (QED) is 0.369. The number of aromatic hydroxyl groups is 1. The topological polar surface area (TPSA) is 91.8 Å². The van der Waals surface area contributed by atoms with Crippen molar-refractivity contribution in [2.24, 2.45) is 17.8 Å². The van der Waals surface area contributed by atoms with Gasteiger partial charge in [0, 0.05) is 38.8 Å². The summed E-state index contributed by atoms with van der Waals surface area (Å²) in [5.41, 5.74) is 1.60. The normalized spacial score (nSPS) is 29.0. The van der Waals surface area contributed by atoms with Crippen LogP contribution >= 0.6 is 11.6 Å². The summed E-state index contributed by atoms with van der Waals surface area (Å²) in [6, 6.07) is 4.63. The molecule has 34 heavy (non-hydrogen) atoms. The number of halogens is 1. The van der Waals surface area contributed by atoms with Gasteiger partial charge in [0.25, 0.3) is 0 Å². The summed E-state index contributed by atoms with van der Waals surface area (Å²) in [6.45, 7) is 7.11. The average Bonchev–Trinajstić information content (AvgIpc) is 3.03. The maximum atomic E-state index is 13.6. The molecule has 3 aliphatic carbocycles. The number of imide groups is 1. The van der Waals surface area contributed by atoms with Crippen LogP contribution in [0.2, 0.25) is 5.02 Å². The first-order valence-corrected chi connectivity index (χ1v) is 11.9. The van der Waals surface area contributed by atoms with Crippen molar-refractivity contribution in [3.8, 4) is 5.75 Å². The fourth-order valence-electron chi connectivity index (χ4n) is 6.13. The number of benzene rings is 1. The molecule has 2 amide bonds. The van der Waals surface area contributed by atoms with Gasteiger partial charge in [-0.15, -0.1) is 0 Å². The van der Waals surface area contributed by atoms with Crippen molar-refractivity contribution in [2.45, 2.75) is 52.0 Å². The highest BCUT2D eigenvalue weighted by Crippen LogP contribution is 2.56. The molecule has 0 radical (unpaired) electrons. The number of nitrogens with zero attached hydrogens (tertiary/aromatic N) is 1. The van der Waals surface area contributed by atoms with Crippen LogP contribution in [-0.4, -0.2) is 38.9 Å². The number of phenols is 1. The van der Waals surface area contributed by atoms with Gasteiger partial charge in [-0.3, -0.25) is 24.1 Å². The number of ketones is 2. The number of carbonyl (C=O) groups excluding carboxylic acids is 4. The Morgan fingerprint density at radius 2 is 1.76 bits per heavy atom. The highest BCUT2D eigenvalue weighted by atomic mass is 35.5. The number of Topliss-reactive ketones (excluding diaryl/α,β-unsaturated/α-hetero) is 1. The summed E-state index contributed by atoms with van der Waals surface area (Å²) in [6.07, 6.45) is 3.86. The van der Waals surface area contributed by atoms with Crippen molar-refractivity contribution in [1.29, 1.82) is 0 Å². The van der Waals surface area contributed by atoms with E-state index in [2.05, 4.69) is 0 Å². The second kappa shape index (κ2) is 7.51. The van der Waals surface area contributed by atoms with E-state index in [1.807, 2.05) is 26.8 Å². The van der Waals surface area contributed by atoms with Crippen LogP contribution in [0, 0.1) is 17.8 Å². The number of rotatable bonds is 1. The molecule has 1 saturated heterocycles. The Morgan fingerprint density at radius 1 is 1.06 bits per heavy atom. The summed E-state index contributed by atoms with van der Waals surface area (Å²) in [5.74, 6) is -3.22. The minimum absolute atomic E-state index is 0.0393. The van der Waals surface area contributed by atoms with Crippen LogP contribution in [0.1, 0.15) is 52.0 Å². The number of allylic oxidation sites excluding steroid dienone is 6. The van der Waals surface area contributed by atoms with E-state index in [1.165, 1.54) is 17.0 Å². The van der Waals surface area contributed by atoms with E-state index in [0.29, 0.717) is 33.7 Å². The van der Waals surface area contributed by atoms with Crippen LogP contribution < -0.4 is 0 Å². The molecule has 1 aromatic carbocycles. The predicted molar refractivity (Wildman–Crippen MR) is 126 cm³/mol. The highest BCUT2D eigenvalue weighted by Gasteiger charge is 2.58. The lowest BCUT2D eigenvalue weighted by atomic mass is 9.59. The third-order valence-corrected chi connectivity index (χ3v) is 7.77. The van der Waals surface area contributed by atoms with E-state index < -0.39 is 29.2 Å². The van der Waals surface area contributed by atoms with Crippen molar-refractivity contribution in [2.75, 3.05) is 0 Å². The molecule has 4 atom stereocenters. The molecule has 4 aliphatic rings. The van der Waals surface area contributed by atoms with Crippen LogP contribution in [0.25, 0.3) is 0 Å². The van der Waals surface area contributed by atoms with E-state index in [-0.39, 0.29) is 35.6 Å². The zero-order chi connectivity index (χ0) is 24.7. The van der Waals surface area contributed by atoms with Crippen molar-refractivity contribution in [1.82, 2.24) is 4.90 Å². The average molecular weight is 480 g/mol. The van der Waals surface area contributed by atoms with Crippen molar-refractivity contribution in [3.05, 3.63) is 63.2 Å². The van der Waals surface area contributed by atoms with Crippen LogP contribution in [0.15, 0.2) is 52.6 Å². The number of fused-ring (bicyclic) bond motifs is 3. The largest absolute Gasteiger partial charge is 0.508 e. The van der Waals surface area contributed by atoms with Gasteiger partial charge in [0.2, 0.25) is 11.8 Å². The molecule has 1 aromatic rings. The maximum absolute atomic E-state index is 13.6. The molecule has 1 N–H and O–H groups in total. The van der Waals surface area contributed by atoms with Crippen LogP contribution in [0.4, 0.5) is 0 Å². The van der Waals surface area contributed by atoms with E-state index in [9.17, 15) is 24.3 Å². The number of carbonyl (C=O) groups is 4. The second-order valence-electron chi connectivity index (χ2n) is 10.6. The Balaban J connectivity index is 1.71. The van der Waals surface area contributed by atoms with Gasteiger partial charge in [0.15, 0.2) is 11.6 Å². The zero-order valence-electron chi connectivity index (χ0n) is 19.5. The number of hydrogen-bond donors (Lipinski definition) is 1. The SMILES string of the molecule is CC1=CC(=O)C2=C(C1=O)[C@@H](c1cc(Cl)ccc1O)C1=CC[C@@H]3C(=O)N(C(C)(C)C)C(=O)[C@@H]3[C@@H]1C2. The van der Waals surface area contributed by atoms with E-state index in [0.717, 1.165) is 5.57 Å². The van der Waals surface area contributed by atoms with Crippen LogP contribution in [0.5, 0.6) is 5.75 Å². The fraction of sp³-hybridized carbons (Fsp3) is 0.407. The van der Waals surface area contributed by atoms with Crippen LogP contribution in [-0.2, 0) is 19.2 Å². The van der Waals surface area contributed by atoms with E-state index in [1.54, 1.807) is 19.1 Å². The monoisotopic (exact) mass is 479 g/mol. The predicted octanol–water partition coefficient (Wildman–Crippen LogP) is 4.27. The van der Waals surface area contributed by atoms with Gasteiger partial charge in [0.05, 0.1) is 11.8 Å². The summed E-state index contributed by atoms with van der Waals surface area (Å²) < 4.78 is 0. The Hall–Kier alpha value is -2.99. The molecule has 1 aliphatic heterocycles. The molecular formula is C27H26ClNO5. The highest BCUT2D eigenvalue weighted by molar-refractivity contribution is 6.30. The number of likely N-dealkylation sites (tertiary alicyclic amines) is 1. The molecule has 1 fully saturated rings. The molecule has 0 bridgehead atoms. The van der Waals surface area contributed by atoms with Gasteiger partial charge in [-0.1, -0.05) is 23.3 Å². The molecule has 0 spiro atoms. The number of hydrogen-bond acceptors (Lipinski definition) is 5. The lowest BCUT2D eigenvalue weighted by Gasteiger charge is -2.42. The van der Waals surface area contributed by atoms with Gasteiger partial charge in [-0.2, -0.15) is 0 Å². The van der Waals surface area contributed by atoms with Crippen molar-refractivity contribution in [3.63, 3.8) is 0 Å². The van der Waals surface area contributed by atoms with Crippen LogP contribution in [0.3, 0.4) is 0 Å². The summed E-state index contributed by atoms with van der Waals surface area (Å²) in [4.78, 5) is 54.6. The number of amides is 2. The summed E-state index contributed by atoms with van der Waals surface area (Å²) in [7, 11) is 0. The van der Waals surface area contributed by atoms with Crippen molar-refractivity contribution < 1.29 is 24.3 Å². The van der Waals surface area contributed by atoms with Gasteiger partial charge in [-0.25, -0.2) is 0 Å². The molecule has 6 nitrogen and oxygen atoms in total. The molecule has 0 unspecified atom stereocenters. The molecular weight excluding hydrogens is 454 g/mol. The third-order valence-electron chi connectivity index (χ3n) is 7.54. The third kappa shape index (κ3) is 3.15. The molecule has 7 heteroatoms. The first-order chi connectivity index (χ1) is 15.9. The van der Waals surface area contributed by atoms with Gasteiger partial charge < -0.3 is 5.11 Å². The maximum Gasteiger partial charge on any atom is 0.234 e. The van der Waals surface area contributed by atoms with Crippen molar-refractivity contribution >= 4 is 35.0 Å². The van der Waals surface area contributed by atoms with E-state index in [4.69, 9.17) is 11.6 Å².